The minimum absolute atomic E-state index is 0.00911. The second kappa shape index (κ2) is 6.43. The minimum Gasteiger partial charge on any atom is -0.492 e. The van der Waals surface area contributed by atoms with E-state index in [1.165, 1.54) is 0 Å². The van der Waals surface area contributed by atoms with E-state index in [0.717, 1.165) is 6.42 Å². The largest absolute Gasteiger partial charge is 0.492 e. The van der Waals surface area contributed by atoms with E-state index in [0.29, 0.717) is 31.2 Å². The molecule has 0 aliphatic carbocycles. The predicted molar refractivity (Wildman–Crippen MR) is 72.9 cm³/mol. The predicted octanol–water partition coefficient (Wildman–Crippen LogP) is 1.19. The molecule has 1 aliphatic heterocycles. The van der Waals surface area contributed by atoms with Crippen LogP contribution in [0.3, 0.4) is 0 Å². The van der Waals surface area contributed by atoms with Gasteiger partial charge in [0.2, 0.25) is 5.91 Å². The number of amides is 1. The summed E-state index contributed by atoms with van der Waals surface area (Å²) in [4.78, 5) is 11.9. The van der Waals surface area contributed by atoms with E-state index in [9.17, 15) is 4.79 Å². The van der Waals surface area contributed by atoms with E-state index in [1.807, 2.05) is 19.1 Å². The summed E-state index contributed by atoms with van der Waals surface area (Å²) in [5.41, 5.74) is 6.31. The number of benzene rings is 1. The van der Waals surface area contributed by atoms with Crippen LogP contribution in [0.15, 0.2) is 24.3 Å². The third-order valence-corrected chi connectivity index (χ3v) is 3.24. The molecule has 19 heavy (non-hydrogen) atoms. The molecular weight excluding hydrogens is 244 g/mol. The van der Waals surface area contributed by atoms with Crippen molar-refractivity contribution < 1.29 is 14.3 Å². The number of carbonyl (C=O) groups excluding carboxylic acids is 1. The Morgan fingerprint density at radius 1 is 1.58 bits per heavy atom. The van der Waals surface area contributed by atoms with Gasteiger partial charge < -0.3 is 20.5 Å². The molecule has 0 radical (unpaired) electrons. The lowest BCUT2D eigenvalue weighted by atomic mass is 10.0. The van der Waals surface area contributed by atoms with Crippen molar-refractivity contribution in [1.82, 2.24) is 5.32 Å². The molecular formula is C14H20N2O3. The van der Waals surface area contributed by atoms with Crippen LogP contribution < -0.4 is 15.8 Å². The fourth-order valence-corrected chi connectivity index (χ4v) is 2.15. The Labute approximate surface area is 113 Å². The quantitative estimate of drug-likeness (QED) is 0.619. The summed E-state index contributed by atoms with van der Waals surface area (Å²) in [6.45, 7) is 3.51. The lowest BCUT2D eigenvalue weighted by molar-refractivity contribution is -0.126. The van der Waals surface area contributed by atoms with Crippen molar-refractivity contribution in [3.8, 4) is 5.75 Å². The molecule has 1 aliphatic rings. The highest BCUT2D eigenvalue weighted by Gasteiger charge is 2.30. The summed E-state index contributed by atoms with van der Waals surface area (Å²) >= 11 is 0. The average molecular weight is 264 g/mol. The first-order valence-electron chi connectivity index (χ1n) is 6.54. The second-order valence-electron chi connectivity index (χ2n) is 4.68. The van der Waals surface area contributed by atoms with Crippen molar-refractivity contribution in [2.75, 3.05) is 25.5 Å². The third-order valence-electron chi connectivity index (χ3n) is 3.24. The van der Waals surface area contributed by atoms with Crippen LogP contribution in [0.25, 0.3) is 0 Å². The molecule has 0 saturated carbocycles. The van der Waals surface area contributed by atoms with Crippen LogP contribution in [0.4, 0.5) is 5.69 Å². The van der Waals surface area contributed by atoms with Gasteiger partial charge in [0.1, 0.15) is 12.4 Å². The van der Waals surface area contributed by atoms with Gasteiger partial charge >= 0.3 is 0 Å². The van der Waals surface area contributed by atoms with Gasteiger partial charge in [0.05, 0.1) is 18.6 Å². The number of nitrogens with one attached hydrogen (secondary N) is 1. The molecule has 0 aromatic heterocycles. The zero-order valence-corrected chi connectivity index (χ0v) is 11.1. The fourth-order valence-electron chi connectivity index (χ4n) is 2.15. The molecule has 1 saturated heterocycles. The second-order valence-corrected chi connectivity index (χ2v) is 4.68. The topological polar surface area (TPSA) is 73.6 Å². The van der Waals surface area contributed by atoms with Crippen molar-refractivity contribution >= 4 is 11.6 Å². The molecule has 1 aromatic rings. The van der Waals surface area contributed by atoms with E-state index < -0.39 is 0 Å². The highest BCUT2D eigenvalue weighted by atomic mass is 16.5. The lowest BCUT2D eigenvalue weighted by Gasteiger charge is -2.14. The number of hydrogen-bond donors (Lipinski definition) is 2. The highest BCUT2D eigenvalue weighted by molar-refractivity contribution is 5.79. The minimum atomic E-state index is -0.0348. The SMILES string of the molecule is CC1OCCC1C(=O)NCCOc1cccc(N)c1. The third kappa shape index (κ3) is 3.86. The molecule has 3 N–H and O–H groups in total. The summed E-state index contributed by atoms with van der Waals surface area (Å²) in [7, 11) is 0. The maximum atomic E-state index is 11.9. The average Bonchev–Trinajstić information content (AvgIpc) is 2.81. The molecule has 104 valence electrons. The van der Waals surface area contributed by atoms with Crippen molar-refractivity contribution in [3.05, 3.63) is 24.3 Å². The first kappa shape index (κ1) is 13.7. The van der Waals surface area contributed by atoms with Crippen molar-refractivity contribution in [2.45, 2.75) is 19.4 Å². The first-order valence-corrected chi connectivity index (χ1v) is 6.54. The van der Waals surface area contributed by atoms with Crippen molar-refractivity contribution in [3.63, 3.8) is 0 Å². The number of nitrogens with two attached hydrogens (primary N) is 1. The van der Waals surface area contributed by atoms with Crippen LogP contribution in [0.5, 0.6) is 5.75 Å². The number of rotatable bonds is 5. The fraction of sp³-hybridized carbons (Fsp3) is 0.500. The number of carbonyl (C=O) groups is 1. The smallest absolute Gasteiger partial charge is 0.225 e. The zero-order valence-electron chi connectivity index (χ0n) is 11.1. The molecule has 2 rings (SSSR count). The summed E-state index contributed by atoms with van der Waals surface area (Å²) in [5.74, 6) is 0.723. The van der Waals surface area contributed by atoms with Gasteiger partial charge in [-0.1, -0.05) is 6.07 Å². The molecule has 1 aromatic carbocycles. The monoisotopic (exact) mass is 264 g/mol. The van der Waals surface area contributed by atoms with E-state index >= 15 is 0 Å². The Kier molecular flexibility index (Phi) is 4.63. The molecule has 1 heterocycles. The summed E-state index contributed by atoms with van der Waals surface area (Å²) in [6.07, 6.45) is 0.804. The molecule has 0 spiro atoms. The van der Waals surface area contributed by atoms with Gasteiger partial charge in [-0.25, -0.2) is 0 Å². The maximum absolute atomic E-state index is 11.9. The van der Waals surface area contributed by atoms with Gasteiger partial charge in [0.25, 0.3) is 0 Å². The van der Waals surface area contributed by atoms with Gasteiger partial charge in [0, 0.05) is 18.4 Å². The van der Waals surface area contributed by atoms with Gasteiger partial charge in [-0.3, -0.25) is 4.79 Å². The van der Waals surface area contributed by atoms with E-state index in [4.69, 9.17) is 15.2 Å². The normalized spacial score (nSPS) is 22.2. The lowest BCUT2D eigenvalue weighted by Crippen LogP contribution is -2.36. The van der Waals surface area contributed by atoms with Crippen LogP contribution in [0.1, 0.15) is 13.3 Å². The summed E-state index contributed by atoms with van der Waals surface area (Å²) in [6, 6.07) is 7.23. The molecule has 5 nitrogen and oxygen atoms in total. The number of nitrogen functional groups attached to an aromatic ring is 1. The Hall–Kier alpha value is -1.75. The van der Waals surface area contributed by atoms with E-state index in [-0.39, 0.29) is 17.9 Å². The first-order chi connectivity index (χ1) is 9.16. The highest BCUT2D eigenvalue weighted by Crippen LogP contribution is 2.20. The zero-order chi connectivity index (χ0) is 13.7. The maximum Gasteiger partial charge on any atom is 0.225 e. The summed E-state index contributed by atoms with van der Waals surface area (Å²) in [5, 5.41) is 2.86. The van der Waals surface area contributed by atoms with Crippen molar-refractivity contribution in [1.29, 1.82) is 0 Å². The van der Waals surface area contributed by atoms with Crippen LogP contribution in [0, 0.1) is 5.92 Å². The Balaban J connectivity index is 1.68. The van der Waals surface area contributed by atoms with Crippen molar-refractivity contribution in [2.24, 2.45) is 5.92 Å². The summed E-state index contributed by atoms with van der Waals surface area (Å²) < 4.78 is 10.9. The van der Waals surface area contributed by atoms with E-state index in [1.54, 1.807) is 12.1 Å². The number of anilines is 1. The van der Waals surface area contributed by atoms with Crippen LogP contribution in [0.2, 0.25) is 0 Å². The Bertz CT molecular complexity index is 436. The molecule has 2 unspecified atom stereocenters. The van der Waals surface area contributed by atoms with Gasteiger partial charge in [0.15, 0.2) is 0 Å². The Morgan fingerprint density at radius 3 is 3.11 bits per heavy atom. The van der Waals surface area contributed by atoms with Gasteiger partial charge in [-0.2, -0.15) is 0 Å². The molecule has 2 atom stereocenters. The molecule has 1 fully saturated rings. The number of ether oxygens (including phenoxy) is 2. The van der Waals surface area contributed by atoms with Gasteiger partial charge in [-0.05, 0) is 25.5 Å². The van der Waals surface area contributed by atoms with Crippen LogP contribution in [-0.2, 0) is 9.53 Å². The Morgan fingerprint density at radius 2 is 2.42 bits per heavy atom. The number of hydrogen-bond acceptors (Lipinski definition) is 4. The molecule has 1 amide bonds. The van der Waals surface area contributed by atoms with Gasteiger partial charge in [-0.15, -0.1) is 0 Å². The molecule has 0 bridgehead atoms. The standard InChI is InChI=1S/C14H20N2O3/c1-10-13(5-7-18-10)14(17)16-6-8-19-12-4-2-3-11(15)9-12/h2-4,9-10,13H,5-8,15H2,1H3,(H,16,17). The van der Waals surface area contributed by atoms with E-state index in [2.05, 4.69) is 5.32 Å². The molecule has 5 heteroatoms. The van der Waals surface area contributed by atoms with Crippen LogP contribution in [-0.4, -0.2) is 31.8 Å². The van der Waals surface area contributed by atoms with Crippen LogP contribution >= 0.6 is 0 Å².